The first kappa shape index (κ1) is 11.5. The van der Waals surface area contributed by atoms with Gasteiger partial charge in [0.05, 0.1) is 6.61 Å². The molecule has 82 valence electrons. The molecule has 0 spiro atoms. The van der Waals surface area contributed by atoms with Gasteiger partial charge in [0.25, 0.3) is 0 Å². The monoisotopic (exact) mass is 201 g/mol. The smallest absolute Gasteiger partial charge is 0.220 e. The predicted octanol–water partition coefficient (Wildman–Crippen LogP) is 0.302. The van der Waals surface area contributed by atoms with Crippen molar-refractivity contribution in [1.29, 1.82) is 0 Å². The second kappa shape index (κ2) is 6.79. The molecule has 0 atom stereocenters. The first-order chi connectivity index (χ1) is 6.83. The molecule has 2 N–H and O–H groups in total. The maximum Gasteiger partial charge on any atom is 0.220 e. The van der Waals surface area contributed by atoms with E-state index in [9.17, 15) is 4.79 Å². The Bertz CT molecular complexity index is 169. The Morgan fingerprint density at radius 3 is 2.93 bits per heavy atom. The summed E-state index contributed by atoms with van der Waals surface area (Å²) in [5.74, 6) is 0.772. The summed E-state index contributed by atoms with van der Waals surface area (Å²) in [7, 11) is 0. The summed E-state index contributed by atoms with van der Waals surface area (Å²) in [4.78, 5) is 11.0. The van der Waals surface area contributed by atoms with E-state index in [1.165, 1.54) is 12.8 Å². The van der Waals surface area contributed by atoms with Crippen molar-refractivity contribution in [3.8, 4) is 0 Å². The normalized spacial score (nSPS) is 15.5. The quantitative estimate of drug-likeness (QED) is 0.555. The molecule has 0 radical (unpaired) electrons. The number of nitrogens with one attached hydrogen (secondary N) is 1. The highest BCUT2D eigenvalue weighted by atomic mass is 16.5. The van der Waals surface area contributed by atoms with Gasteiger partial charge in [0.15, 0.2) is 0 Å². The lowest BCUT2D eigenvalue weighted by atomic mass is 10.3. The van der Waals surface area contributed by atoms with Gasteiger partial charge in [-0.05, 0) is 25.2 Å². The summed E-state index contributed by atoms with van der Waals surface area (Å²) in [6.07, 6.45) is 3.53. The molecule has 0 aromatic heterocycles. The van der Waals surface area contributed by atoms with Crippen LogP contribution in [-0.4, -0.2) is 37.4 Å². The molecule has 14 heavy (non-hydrogen) atoms. The lowest BCUT2D eigenvalue weighted by molar-refractivity contribution is -0.121. The van der Waals surface area contributed by atoms with E-state index in [1.54, 1.807) is 0 Å². The first-order valence-electron chi connectivity index (χ1n) is 5.28. The van der Waals surface area contributed by atoms with Crippen LogP contribution in [0.5, 0.6) is 0 Å². The van der Waals surface area contributed by atoms with Gasteiger partial charge in [0.2, 0.25) is 5.91 Å². The average molecular weight is 201 g/mol. The Hall–Kier alpha value is -0.610. The van der Waals surface area contributed by atoms with E-state index in [2.05, 4.69) is 5.32 Å². The van der Waals surface area contributed by atoms with E-state index in [1.807, 2.05) is 0 Å². The van der Waals surface area contributed by atoms with Crippen molar-refractivity contribution in [3.63, 3.8) is 0 Å². The predicted molar refractivity (Wildman–Crippen MR) is 52.9 cm³/mol. The summed E-state index contributed by atoms with van der Waals surface area (Å²) >= 11 is 0. The van der Waals surface area contributed by atoms with Gasteiger partial charge in [-0.25, -0.2) is 0 Å². The van der Waals surface area contributed by atoms with E-state index in [0.717, 1.165) is 12.5 Å². The van der Waals surface area contributed by atoms with E-state index in [-0.39, 0.29) is 12.5 Å². The number of carbonyl (C=O) groups is 1. The number of ether oxygens (including phenoxy) is 1. The molecule has 0 unspecified atom stereocenters. The van der Waals surface area contributed by atoms with Crippen molar-refractivity contribution in [2.45, 2.75) is 25.7 Å². The Morgan fingerprint density at radius 1 is 1.50 bits per heavy atom. The second-order valence-electron chi connectivity index (χ2n) is 3.70. The third kappa shape index (κ3) is 5.94. The zero-order chi connectivity index (χ0) is 10.2. The molecule has 0 aromatic carbocycles. The van der Waals surface area contributed by atoms with Crippen LogP contribution < -0.4 is 5.32 Å². The van der Waals surface area contributed by atoms with Crippen LogP contribution in [0, 0.1) is 5.92 Å². The Kier molecular flexibility index (Phi) is 5.56. The fraction of sp³-hybridized carbons (Fsp3) is 0.900. The number of aliphatic hydroxyl groups excluding tert-OH is 1. The number of hydrogen-bond acceptors (Lipinski definition) is 3. The molecule has 1 saturated carbocycles. The van der Waals surface area contributed by atoms with Gasteiger partial charge in [-0.1, -0.05) is 0 Å². The minimum atomic E-state index is -0.00549. The van der Waals surface area contributed by atoms with Crippen molar-refractivity contribution in [1.82, 2.24) is 5.32 Å². The molecule has 0 aliphatic heterocycles. The lowest BCUT2D eigenvalue weighted by Gasteiger charge is -2.05. The molecule has 4 nitrogen and oxygen atoms in total. The van der Waals surface area contributed by atoms with Crippen LogP contribution in [0.1, 0.15) is 25.7 Å². The van der Waals surface area contributed by atoms with Gasteiger partial charge < -0.3 is 15.2 Å². The van der Waals surface area contributed by atoms with Crippen molar-refractivity contribution in [2.24, 2.45) is 5.92 Å². The van der Waals surface area contributed by atoms with Crippen LogP contribution in [0.3, 0.4) is 0 Å². The molecule has 0 aromatic rings. The van der Waals surface area contributed by atoms with Gasteiger partial charge in [-0.2, -0.15) is 0 Å². The number of aliphatic hydroxyl groups is 1. The average Bonchev–Trinajstić information content (AvgIpc) is 2.98. The molecule has 1 rings (SSSR count). The van der Waals surface area contributed by atoms with E-state index < -0.39 is 0 Å². The maximum absolute atomic E-state index is 11.0. The highest BCUT2D eigenvalue weighted by Crippen LogP contribution is 2.28. The zero-order valence-electron chi connectivity index (χ0n) is 8.50. The SMILES string of the molecule is O=C(CCCO)NCCOCC1CC1. The lowest BCUT2D eigenvalue weighted by Crippen LogP contribution is -2.27. The molecule has 1 aliphatic rings. The summed E-state index contributed by atoms with van der Waals surface area (Å²) in [5, 5.41) is 11.2. The summed E-state index contributed by atoms with van der Waals surface area (Å²) in [6.45, 7) is 2.09. The fourth-order valence-electron chi connectivity index (χ4n) is 1.13. The zero-order valence-corrected chi connectivity index (χ0v) is 8.50. The second-order valence-corrected chi connectivity index (χ2v) is 3.70. The minimum absolute atomic E-state index is 0.00549. The molecule has 0 bridgehead atoms. The van der Waals surface area contributed by atoms with E-state index in [4.69, 9.17) is 9.84 Å². The van der Waals surface area contributed by atoms with E-state index >= 15 is 0 Å². The molecule has 0 heterocycles. The van der Waals surface area contributed by atoms with Crippen LogP contribution in [0.15, 0.2) is 0 Å². The largest absolute Gasteiger partial charge is 0.396 e. The van der Waals surface area contributed by atoms with Crippen LogP contribution >= 0.6 is 0 Å². The number of carbonyl (C=O) groups excluding carboxylic acids is 1. The molecule has 1 fully saturated rings. The summed E-state index contributed by atoms with van der Waals surface area (Å²) in [6, 6.07) is 0. The van der Waals surface area contributed by atoms with Crippen molar-refractivity contribution < 1.29 is 14.6 Å². The number of rotatable bonds is 8. The van der Waals surface area contributed by atoms with Crippen LogP contribution in [0.2, 0.25) is 0 Å². The van der Waals surface area contributed by atoms with Crippen LogP contribution in [-0.2, 0) is 9.53 Å². The van der Waals surface area contributed by atoms with Gasteiger partial charge in [0.1, 0.15) is 0 Å². The number of hydrogen-bond donors (Lipinski definition) is 2. The molecule has 1 amide bonds. The standard InChI is InChI=1S/C10H19NO3/c12-6-1-2-10(13)11-5-7-14-8-9-3-4-9/h9,12H,1-8H2,(H,11,13). The topological polar surface area (TPSA) is 58.6 Å². The van der Waals surface area contributed by atoms with Crippen LogP contribution in [0.4, 0.5) is 0 Å². The van der Waals surface area contributed by atoms with Gasteiger partial charge in [0, 0.05) is 26.2 Å². The molecular formula is C10H19NO3. The summed E-state index contributed by atoms with van der Waals surface area (Å²) < 4.78 is 5.35. The fourth-order valence-corrected chi connectivity index (χ4v) is 1.13. The van der Waals surface area contributed by atoms with Crippen molar-refractivity contribution >= 4 is 5.91 Å². The minimum Gasteiger partial charge on any atom is -0.396 e. The third-order valence-electron chi connectivity index (χ3n) is 2.18. The highest BCUT2D eigenvalue weighted by molar-refractivity contribution is 5.75. The maximum atomic E-state index is 11.0. The Balaban J connectivity index is 1.79. The van der Waals surface area contributed by atoms with Crippen molar-refractivity contribution in [3.05, 3.63) is 0 Å². The molecular weight excluding hydrogens is 182 g/mol. The van der Waals surface area contributed by atoms with Gasteiger partial charge >= 0.3 is 0 Å². The first-order valence-corrected chi connectivity index (χ1v) is 5.28. The highest BCUT2D eigenvalue weighted by Gasteiger charge is 2.20. The van der Waals surface area contributed by atoms with Gasteiger partial charge in [-0.15, -0.1) is 0 Å². The van der Waals surface area contributed by atoms with E-state index in [0.29, 0.717) is 26.0 Å². The van der Waals surface area contributed by atoms with Gasteiger partial charge in [-0.3, -0.25) is 4.79 Å². The Labute approximate surface area is 84.6 Å². The molecule has 1 aliphatic carbocycles. The Morgan fingerprint density at radius 2 is 2.29 bits per heavy atom. The number of amides is 1. The van der Waals surface area contributed by atoms with Crippen molar-refractivity contribution in [2.75, 3.05) is 26.4 Å². The molecule has 0 saturated heterocycles. The van der Waals surface area contributed by atoms with Crippen LogP contribution in [0.25, 0.3) is 0 Å². The third-order valence-corrected chi connectivity index (χ3v) is 2.18. The molecule has 4 heteroatoms. The summed E-state index contributed by atoms with van der Waals surface area (Å²) in [5.41, 5.74) is 0.